The van der Waals surface area contributed by atoms with E-state index in [2.05, 4.69) is 34.6 Å². The van der Waals surface area contributed by atoms with E-state index in [1.165, 1.54) is 19.3 Å². The first-order valence-corrected chi connectivity index (χ1v) is 9.01. The van der Waals surface area contributed by atoms with Crippen LogP contribution in [0.5, 0.6) is 0 Å². The molecule has 0 saturated heterocycles. The number of amides is 1. The van der Waals surface area contributed by atoms with Gasteiger partial charge in [0.15, 0.2) is 5.65 Å². The Morgan fingerprint density at radius 3 is 2.88 bits per heavy atom. The minimum atomic E-state index is 0.129. The second-order valence-corrected chi connectivity index (χ2v) is 6.90. The zero-order valence-electron chi connectivity index (χ0n) is 14.6. The van der Waals surface area contributed by atoms with Gasteiger partial charge in [-0.05, 0) is 18.8 Å². The van der Waals surface area contributed by atoms with Gasteiger partial charge in [0, 0.05) is 36.8 Å². The largest absolute Gasteiger partial charge is 0.369 e. The van der Waals surface area contributed by atoms with Gasteiger partial charge in [0.2, 0.25) is 5.91 Å². The van der Waals surface area contributed by atoms with E-state index in [-0.39, 0.29) is 5.91 Å². The first-order chi connectivity index (χ1) is 11.6. The molecular weight excluding hydrogens is 302 g/mol. The van der Waals surface area contributed by atoms with Gasteiger partial charge in [0.25, 0.3) is 0 Å². The second-order valence-electron chi connectivity index (χ2n) is 6.90. The summed E-state index contributed by atoms with van der Waals surface area (Å²) < 4.78 is 1.78. The molecule has 0 bridgehead atoms. The Morgan fingerprint density at radius 1 is 1.33 bits per heavy atom. The Bertz CT molecular complexity index is 688. The molecule has 3 rings (SSSR count). The number of fused-ring (bicyclic) bond motifs is 1. The molecule has 0 atom stereocenters. The van der Waals surface area contributed by atoms with Crippen molar-refractivity contribution in [3.05, 3.63) is 24.0 Å². The summed E-state index contributed by atoms with van der Waals surface area (Å²) in [5.41, 5.74) is 1.85. The molecule has 130 valence electrons. The van der Waals surface area contributed by atoms with Crippen molar-refractivity contribution in [2.45, 2.75) is 64.3 Å². The Labute approximate surface area is 143 Å². The minimum absolute atomic E-state index is 0.129. The molecule has 0 aromatic carbocycles. The fourth-order valence-corrected chi connectivity index (χ4v) is 3.20. The van der Waals surface area contributed by atoms with Crippen molar-refractivity contribution in [1.29, 1.82) is 0 Å². The fraction of sp³-hybridized carbons (Fsp3) is 0.611. The van der Waals surface area contributed by atoms with Gasteiger partial charge in [0.1, 0.15) is 5.82 Å². The van der Waals surface area contributed by atoms with Gasteiger partial charge in [-0.15, -0.1) is 0 Å². The van der Waals surface area contributed by atoms with Crippen LogP contribution in [0.25, 0.3) is 5.65 Å². The van der Waals surface area contributed by atoms with Gasteiger partial charge in [-0.2, -0.15) is 9.61 Å². The molecule has 2 N–H and O–H groups in total. The monoisotopic (exact) mass is 329 g/mol. The Morgan fingerprint density at radius 2 is 2.12 bits per heavy atom. The summed E-state index contributed by atoms with van der Waals surface area (Å²) in [6.07, 6.45) is 8.22. The van der Waals surface area contributed by atoms with Gasteiger partial charge < -0.3 is 10.6 Å². The standard InChI is InChI=1S/C18H27N5O/c1-13(2)15-12-17(23-16(22-15)8-11-20-23)19-10-9-18(24)21-14-6-4-3-5-7-14/h8,11-14,19H,3-7,9-10H2,1-2H3,(H,21,24). The van der Waals surface area contributed by atoms with Crippen molar-refractivity contribution >= 4 is 17.4 Å². The van der Waals surface area contributed by atoms with Crippen molar-refractivity contribution in [2.24, 2.45) is 0 Å². The maximum atomic E-state index is 12.1. The molecule has 2 aromatic rings. The van der Waals surface area contributed by atoms with Crippen LogP contribution < -0.4 is 10.6 Å². The SMILES string of the molecule is CC(C)c1cc(NCCC(=O)NC2CCCCC2)n2nccc2n1. The quantitative estimate of drug-likeness (QED) is 0.854. The third kappa shape index (κ3) is 4.04. The van der Waals surface area contributed by atoms with Crippen molar-refractivity contribution < 1.29 is 4.79 Å². The summed E-state index contributed by atoms with van der Waals surface area (Å²) in [5.74, 6) is 1.36. The highest BCUT2D eigenvalue weighted by Crippen LogP contribution is 2.19. The zero-order valence-corrected chi connectivity index (χ0v) is 14.6. The highest BCUT2D eigenvalue weighted by Gasteiger charge is 2.15. The predicted octanol–water partition coefficient (Wildman–Crippen LogP) is 3.10. The van der Waals surface area contributed by atoms with Crippen LogP contribution in [0.1, 0.15) is 64.0 Å². The van der Waals surface area contributed by atoms with E-state index < -0.39 is 0 Å². The number of rotatable bonds is 6. The van der Waals surface area contributed by atoms with Crippen molar-refractivity contribution in [1.82, 2.24) is 19.9 Å². The number of aromatic nitrogens is 3. The minimum Gasteiger partial charge on any atom is -0.369 e. The molecule has 24 heavy (non-hydrogen) atoms. The van der Waals surface area contributed by atoms with Crippen LogP contribution in [0, 0.1) is 0 Å². The highest BCUT2D eigenvalue weighted by atomic mass is 16.1. The van der Waals surface area contributed by atoms with Crippen LogP contribution in [-0.4, -0.2) is 33.1 Å². The van der Waals surface area contributed by atoms with Gasteiger partial charge in [-0.1, -0.05) is 33.1 Å². The molecule has 2 heterocycles. The average Bonchev–Trinajstić information content (AvgIpc) is 3.04. The second kappa shape index (κ2) is 7.64. The lowest BCUT2D eigenvalue weighted by Crippen LogP contribution is -2.36. The first-order valence-electron chi connectivity index (χ1n) is 9.01. The normalized spacial score (nSPS) is 15.8. The lowest BCUT2D eigenvalue weighted by atomic mass is 9.95. The van der Waals surface area contributed by atoms with Crippen LogP contribution in [-0.2, 0) is 4.79 Å². The number of hydrogen-bond donors (Lipinski definition) is 2. The predicted molar refractivity (Wildman–Crippen MR) is 95.2 cm³/mol. The number of nitrogens with zero attached hydrogens (tertiary/aromatic N) is 3. The summed E-state index contributed by atoms with van der Waals surface area (Å²) >= 11 is 0. The van der Waals surface area contributed by atoms with Gasteiger partial charge >= 0.3 is 0 Å². The van der Waals surface area contributed by atoms with Crippen LogP contribution >= 0.6 is 0 Å². The molecule has 1 saturated carbocycles. The first kappa shape index (κ1) is 16.7. The number of anilines is 1. The van der Waals surface area contributed by atoms with Crippen LogP contribution in [0.2, 0.25) is 0 Å². The Balaban J connectivity index is 1.57. The molecule has 1 fully saturated rings. The third-order valence-corrected chi connectivity index (χ3v) is 4.60. The fourth-order valence-electron chi connectivity index (χ4n) is 3.20. The molecule has 0 radical (unpaired) electrons. The van der Waals surface area contributed by atoms with Crippen molar-refractivity contribution in [3.63, 3.8) is 0 Å². The van der Waals surface area contributed by atoms with E-state index in [1.807, 2.05) is 12.1 Å². The summed E-state index contributed by atoms with van der Waals surface area (Å²) in [7, 11) is 0. The lowest BCUT2D eigenvalue weighted by molar-refractivity contribution is -0.121. The zero-order chi connectivity index (χ0) is 16.9. The van der Waals surface area contributed by atoms with Crippen LogP contribution in [0.3, 0.4) is 0 Å². The topological polar surface area (TPSA) is 71.3 Å². The maximum Gasteiger partial charge on any atom is 0.221 e. The Kier molecular flexibility index (Phi) is 5.33. The molecule has 1 aliphatic carbocycles. The van der Waals surface area contributed by atoms with Crippen LogP contribution in [0.4, 0.5) is 5.82 Å². The average molecular weight is 329 g/mol. The number of nitrogens with one attached hydrogen (secondary N) is 2. The molecule has 2 aromatic heterocycles. The van der Waals surface area contributed by atoms with Gasteiger partial charge in [-0.3, -0.25) is 4.79 Å². The maximum absolute atomic E-state index is 12.1. The number of carbonyl (C=O) groups excluding carboxylic acids is 1. The third-order valence-electron chi connectivity index (χ3n) is 4.60. The van der Waals surface area contributed by atoms with E-state index in [0.29, 0.717) is 24.9 Å². The summed E-state index contributed by atoms with van der Waals surface area (Å²) in [5, 5.41) is 10.8. The smallest absolute Gasteiger partial charge is 0.221 e. The summed E-state index contributed by atoms with van der Waals surface area (Å²) in [4.78, 5) is 16.7. The molecule has 1 amide bonds. The number of hydrogen-bond acceptors (Lipinski definition) is 4. The van der Waals surface area contributed by atoms with E-state index >= 15 is 0 Å². The molecule has 6 heteroatoms. The lowest BCUT2D eigenvalue weighted by Gasteiger charge is -2.22. The molecule has 6 nitrogen and oxygen atoms in total. The van der Waals surface area contributed by atoms with E-state index in [0.717, 1.165) is 30.0 Å². The summed E-state index contributed by atoms with van der Waals surface area (Å²) in [6.45, 7) is 4.84. The van der Waals surface area contributed by atoms with Gasteiger partial charge in [0.05, 0.1) is 6.20 Å². The van der Waals surface area contributed by atoms with Crippen molar-refractivity contribution in [2.75, 3.05) is 11.9 Å². The molecule has 0 aliphatic heterocycles. The number of carbonyl (C=O) groups is 1. The van der Waals surface area contributed by atoms with Gasteiger partial charge in [-0.25, -0.2) is 4.98 Å². The molecular formula is C18H27N5O. The molecule has 1 aliphatic rings. The van der Waals surface area contributed by atoms with E-state index in [9.17, 15) is 4.79 Å². The Hall–Kier alpha value is -2.11. The highest BCUT2D eigenvalue weighted by molar-refractivity contribution is 5.76. The van der Waals surface area contributed by atoms with E-state index in [1.54, 1.807) is 10.7 Å². The van der Waals surface area contributed by atoms with Crippen LogP contribution in [0.15, 0.2) is 18.3 Å². The molecule has 0 spiro atoms. The summed E-state index contributed by atoms with van der Waals surface area (Å²) in [6, 6.07) is 4.29. The van der Waals surface area contributed by atoms with Crippen molar-refractivity contribution in [3.8, 4) is 0 Å². The van der Waals surface area contributed by atoms with E-state index in [4.69, 9.17) is 0 Å². The molecule has 0 unspecified atom stereocenters.